The normalized spacial score (nSPS) is 20.9. The Morgan fingerprint density at radius 1 is 1.20 bits per heavy atom. The minimum Gasteiger partial charge on any atom is -0.497 e. The quantitative estimate of drug-likeness (QED) is 0.456. The first-order valence-corrected chi connectivity index (χ1v) is 15.2. The molecule has 224 valence electrons. The minimum atomic E-state index is -3.88. The Hall–Kier alpha value is -3.19. The summed E-state index contributed by atoms with van der Waals surface area (Å²) in [7, 11) is -0.892. The van der Waals surface area contributed by atoms with Crippen LogP contribution in [0.5, 0.6) is 11.5 Å². The highest BCUT2D eigenvalue weighted by Crippen LogP contribution is 2.36. The number of sulfonamides is 1. The lowest BCUT2D eigenvalue weighted by molar-refractivity contribution is -0.122. The molecule has 3 atom stereocenters. The van der Waals surface area contributed by atoms with Crippen molar-refractivity contribution in [3.05, 3.63) is 48.0 Å². The highest BCUT2D eigenvalue weighted by atomic mass is 32.2. The Bertz CT molecular complexity index is 1330. The fraction of sp³-hybridized carbons (Fsp3) is 0.517. The van der Waals surface area contributed by atoms with Gasteiger partial charge < -0.3 is 29.5 Å². The Morgan fingerprint density at radius 3 is 2.51 bits per heavy atom. The van der Waals surface area contributed by atoms with E-state index in [4.69, 9.17) is 14.2 Å². The molecule has 1 saturated heterocycles. The predicted molar refractivity (Wildman–Crippen MR) is 153 cm³/mol. The summed E-state index contributed by atoms with van der Waals surface area (Å²) in [6, 6.07) is 10.6. The van der Waals surface area contributed by atoms with Crippen LogP contribution in [0.2, 0.25) is 0 Å². The lowest BCUT2D eigenvalue weighted by atomic mass is 9.98. The van der Waals surface area contributed by atoms with Gasteiger partial charge in [0.1, 0.15) is 11.9 Å². The molecule has 2 aliphatic rings. The molecule has 11 nitrogen and oxygen atoms in total. The number of ether oxygens (including phenoxy) is 3. The zero-order chi connectivity index (χ0) is 29.7. The van der Waals surface area contributed by atoms with E-state index in [2.05, 4.69) is 5.32 Å². The molecule has 1 fully saturated rings. The van der Waals surface area contributed by atoms with Gasteiger partial charge in [-0.1, -0.05) is 13.0 Å². The van der Waals surface area contributed by atoms with Crippen LogP contribution in [-0.4, -0.2) is 93.8 Å². The zero-order valence-electron chi connectivity index (χ0n) is 23.9. The highest BCUT2D eigenvalue weighted by molar-refractivity contribution is 7.89. The van der Waals surface area contributed by atoms with Crippen LogP contribution in [0.1, 0.15) is 37.0 Å². The molecule has 0 unspecified atom stereocenters. The molecule has 0 aromatic heterocycles. The van der Waals surface area contributed by atoms with Crippen molar-refractivity contribution in [3.8, 4) is 11.5 Å². The van der Waals surface area contributed by atoms with Gasteiger partial charge in [0.2, 0.25) is 15.9 Å². The number of aliphatic hydroxyl groups is 1. The summed E-state index contributed by atoms with van der Waals surface area (Å²) in [5.74, 6) is -0.366. The maximum absolute atomic E-state index is 13.7. The number of methoxy groups -OCH3 is 1. The predicted octanol–water partition coefficient (Wildman–Crippen LogP) is 2.60. The van der Waals surface area contributed by atoms with Crippen LogP contribution in [0.3, 0.4) is 0 Å². The Labute approximate surface area is 241 Å². The second-order valence-corrected chi connectivity index (χ2v) is 12.7. The average molecular weight is 590 g/mol. The van der Waals surface area contributed by atoms with Gasteiger partial charge >= 0.3 is 0 Å². The number of anilines is 1. The van der Waals surface area contributed by atoms with Gasteiger partial charge in [0.05, 0.1) is 42.4 Å². The number of para-hydroxylation sites is 1. The van der Waals surface area contributed by atoms with E-state index < -0.39 is 22.2 Å². The van der Waals surface area contributed by atoms with Gasteiger partial charge in [-0.2, -0.15) is 4.31 Å². The summed E-state index contributed by atoms with van der Waals surface area (Å²) in [5, 5.41) is 12.9. The Kier molecular flexibility index (Phi) is 9.90. The van der Waals surface area contributed by atoms with Gasteiger partial charge in [0.15, 0.2) is 5.75 Å². The van der Waals surface area contributed by atoms with Crippen molar-refractivity contribution < 1.29 is 37.3 Å². The number of hydrogen-bond acceptors (Lipinski definition) is 8. The fourth-order valence-corrected chi connectivity index (χ4v) is 6.22. The van der Waals surface area contributed by atoms with Gasteiger partial charge in [0, 0.05) is 38.6 Å². The van der Waals surface area contributed by atoms with Crippen molar-refractivity contribution in [2.24, 2.45) is 11.8 Å². The van der Waals surface area contributed by atoms with Gasteiger partial charge in [-0.15, -0.1) is 0 Å². The molecule has 2 aromatic carbocycles. The zero-order valence-corrected chi connectivity index (χ0v) is 24.7. The number of hydrogen-bond donors (Lipinski definition) is 2. The lowest BCUT2D eigenvalue weighted by Crippen LogP contribution is -2.50. The van der Waals surface area contributed by atoms with Crippen molar-refractivity contribution in [1.82, 2.24) is 9.21 Å². The Balaban J connectivity index is 1.68. The summed E-state index contributed by atoms with van der Waals surface area (Å²) in [6.45, 7) is 4.60. The molecule has 12 heteroatoms. The summed E-state index contributed by atoms with van der Waals surface area (Å²) in [5.41, 5.74) is 0.566. The van der Waals surface area contributed by atoms with Gasteiger partial charge in [-0.05, 0) is 56.2 Å². The van der Waals surface area contributed by atoms with Crippen LogP contribution in [0.4, 0.5) is 5.69 Å². The standard InChI is InChI=1S/C29H39N3O8S/c1-19-16-32(20(2)18-33)29(35)24-6-5-7-25(30-28(34)21-12-14-39-15-13-21)27(24)40-26(19)17-31(3)41(36,37)23-10-8-22(38-4)9-11-23/h5-11,19-21,26,33H,12-18H2,1-4H3,(H,30,34)/t19-,20+,26-/m0/s1. The summed E-state index contributed by atoms with van der Waals surface area (Å²) in [4.78, 5) is 28.5. The number of fused-ring (bicyclic) bond motifs is 1. The van der Waals surface area contributed by atoms with E-state index in [0.717, 1.165) is 0 Å². The molecular formula is C29H39N3O8S. The van der Waals surface area contributed by atoms with E-state index >= 15 is 0 Å². The number of carbonyl (C=O) groups is 2. The molecule has 2 heterocycles. The fourth-order valence-electron chi connectivity index (χ4n) is 5.03. The van der Waals surface area contributed by atoms with Crippen LogP contribution in [0.15, 0.2) is 47.4 Å². The number of amides is 2. The third kappa shape index (κ3) is 6.83. The number of benzene rings is 2. The van der Waals surface area contributed by atoms with Gasteiger partial charge in [-0.3, -0.25) is 9.59 Å². The van der Waals surface area contributed by atoms with Crippen molar-refractivity contribution in [3.63, 3.8) is 0 Å². The van der Waals surface area contributed by atoms with E-state index in [-0.39, 0.29) is 59.6 Å². The molecular weight excluding hydrogens is 550 g/mol. The molecule has 41 heavy (non-hydrogen) atoms. The van der Waals surface area contributed by atoms with Crippen LogP contribution in [-0.2, 0) is 19.6 Å². The molecule has 0 aliphatic carbocycles. The first kappa shape index (κ1) is 30.8. The second-order valence-electron chi connectivity index (χ2n) is 10.6. The average Bonchev–Trinajstić information content (AvgIpc) is 2.99. The first-order valence-electron chi connectivity index (χ1n) is 13.8. The Morgan fingerprint density at radius 2 is 1.88 bits per heavy atom. The number of rotatable bonds is 9. The van der Waals surface area contributed by atoms with Crippen molar-refractivity contribution in [2.75, 3.05) is 52.4 Å². The number of nitrogens with one attached hydrogen (secondary N) is 1. The van der Waals surface area contributed by atoms with E-state index in [1.807, 2.05) is 6.92 Å². The molecule has 0 saturated carbocycles. The van der Waals surface area contributed by atoms with Crippen molar-refractivity contribution in [2.45, 2.75) is 43.7 Å². The topological polar surface area (TPSA) is 135 Å². The maximum Gasteiger partial charge on any atom is 0.258 e. The SMILES string of the molecule is COc1ccc(S(=O)(=O)N(C)C[C@@H]2Oc3c(NC(=O)C4CCOCC4)cccc3C(=O)N([C@H](C)CO)C[C@@H]2C)cc1. The number of aliphatic hydroxyl groups excluding tert-OH is 1. The molecule has 0 spiro atoms. The maximum atomic E-state index is 13.7. The van der Waals surface area contributed by atoms with Crippen LogP contribution in [0.25, 0.3) is 0 Å². The van der Waals surface area contributed by atoms with Gasteiger partial charge in [0.25, 0.3) is 5.91 Å². The minimum absolute atomic E-state index is 0.0211. The third-order valence-corrected chi connectivity index (χ3v) is 9.58. The third-order valence-electron chi connectivity index (χ3n) is 7.75. The van der Waals surface area contributed by atoms with Crippen LogP contribution >= 0.6 is 0 Å². The van der Waals surface area contributed by atoms with Gasteiger partial charge in [-0.25, -0.2) is 8.42 Å². The largest absolute Gasteiger partial charge is 0.497 e. The van der Waals surface area contributed by atoms with Crippen molar-refractivity contribution >= 4 is 27.5 Å². The smallest absolute Gasteiger partial charge is 0.258 e. The monoisotopic (exact) mass is 589 g/mol. The molecule has 4 rings (SSSR count). The first-order chi connectivity index (χ1) is 19.6. The van der Waals surface area contributed by atoms with E-state index in [1.165, 1.54) is 30.6 Å². The molecule has 2 N–H and O–H groups in total. The molecule has 0 radical (unpaired) electrons. The molecule has 2 amide bonds. The molecule has 0 bridgehead atoms. The van der Waals surface area contributed by atoms with E-state index in [0.29, 0.717) is 37.5 Å². The second kappa shape index (κ2) is 13.2. The number of nitrogens with zero attached hydrogens (tertiary/aromatic N) is 2. The van der Waals surface area contributed by atoms with E-state index in [1.54, 1.807) is 42.2 Å². The highest BCUT2D eigenvalue weighted by Gasteiger charge is 2.36. The summed E-state index contributed by atoms with van der Waals surface area (Å²) < 4.78 is 45.1. The number of likely N-dealkylation sites (N-methyl/N-ethyl adjacent to an activating group) is 1. The van der Waals surface area contributed by atoms with Crippen molar-refractivity contribution in [1.29, 1.82) is 0 Å². The summed E-state index contributed by atoms with van der Waals surface area (Å²) in [6.07, 6.45) is 0.501. The molecule has 2 aliphatic heterocycles. The van der Waals surface area contributed by atoms with Crippen LogP contribution < -0.4 is 14.8 Å². The lowest BCUT2D eigenvalue weighted by Gasteiger charge is -2.38. The molecule has 2 aromatic rings. The summed E-state index contributed by atoms with van der Waals surface area (Å²) >= 11 is 0. The van der Waals surface area contributed by atoms with Crippen LogP contribution in [0, 0.1) is 11.8 Å². The number of carbonyl (C=O) groups excluding carboxylic acids is 2. The van der Waals surface area contributed by atoms with E-state index in [9.17, 15) is 23.1 Å².